The van der Waals surface area contributed by atoms with Crippen molar-refractivity contribution >= 4 is 16.0 Å². The van der Waals surface area contributed by atoms with Crippen LogP contribution >= 0.6 is 0 Å². The predicted molar refractivity (Wildman–Crippen MR) is 94.3 cm³/mol. The van der Waals surface area contributed by atoms with Crippen molar-refractivity contribution in [2.24, 2.45) is 0 Å². The molecule has 1 N–H and O–H groups in total. The molecule has 0 saturated carbocycles. The van der Waals surface area contributed by atoms with Crippen molar-refractivity contribution in [3.8, 4) is 16.9 Å². The second-order valence-corrected chi connectivity index (χ2v) is 7.76. The van der Waals surface area contributed by atoms with E-state index in [0.29, 0.717) is 11.1 Å². The number of rotatable bonds is 2. The van der Waals surface area contributed by atoms with Gasteiger partial charge in [0.1, 0.15) is 5.82 Å². The highest BCUT2D eigenvalue weighted by atomic mass is 32.2. The Morgan fingerprint density at radius 1 is 1.04 bits per heavy atom. The van der Waals surface area contributed by atoms with Crippen molar-refractivity contribution in [3.05, 3.63) is 47.8 Å². The Labute approximate surface area is 146 Å². The van der Waals surface area contributed by atoms with E-state index in [1.54, 1.807) is 0 Å². The summed E-state index contributed by atoms with van der Waals surface area (Å²) >= 11 is 0. The van der Waals surface area contributed by atoms with Crippen molar-refractivity contribution in [1.29, 1.82) is 0 Å². The molecule has 0 spiro atoms. The number of anilines is 1. The third-order valence-corrected chi connectivity index (χ3v) is 5.55. The van der Waals surface area contributed by atoms with Crippen molar-refractivity contribution in [2.45, 2.75) is 25.8 Å². The number of hydrogen-bond acceptors (Lipinski definition) is 4. The number of fused-ring (bicyclic) bond motifs is 1. The van der Waals surface area contributed by atoms with Crippen molar-refractivity contribution < 1.29 is 17.0 Å². The summed E-state index contributed by atoms with van der Waals surface area (Å²) in [6.45, 7) is 2.11. The van der Waals surface area contributed by atoms with Crippen LogP contribution in [0.2, 0.25) is 0 Å². The predicted octanol–water partition coefficient (Wildman–Crippen LogP) is 3.21. The zero-order chi connectivity index (χ0) is 17.4. The minimum Gasteiger partial charge on any atom is -0.372 e. The molecule has 2 heterocycles. The lowest BCUT2D eigenvalue weighted by molar-refractivity contribution is 0.452. The van der Waals surface area contributed by atoms with Gasteiger partial charge in [0.25, 0.3) is 0 Å². The van der Waals surface area contributed by atoms with E-state index >= 15 is 0 Å². The van der Waals surface area contributed by atoms with Gasteiger partial charge in [-0.05, 0) is 49.1 Å². The average molecular weight is 362 g/mol. The first kappa shape index (κ1) is 16.4. The Bertz CT molecular complexity index is 891. The molecule has 2 aliphatic rings. The molecule has 5 nitrogen and oxygen atoms in total. The van der Waals surface area contributed by atoms with Crippen LogP contribution in [-0.2, 0) is 16.8 Å². The van der Waals surface area contributed by atoms with E-state index in [9.17, 15) is 12.8 Å². The summed E-state index contributed by atoms with van der Waals surface area (Å²) in [6.07, 6.45) is 3.65. The molecule has 2 aliphatic heterocycles. The fraction of sp³-hybridized carbons (Fsp3) is 0.333. The maximum atomic E-state index is 14.0. The smallest absolute Gasteiger partial charge is 0.372 e. The molecular formula is C18H19FN2O3S. The van der Waals surface area contributed by atoms with Crippen LogP contribution in [0, 0.1) is 5.82 Å². The zero-order valence-electron chi connectivity index (χ0n) is 13.7. The van der Waals surface area contributed by atoms with Crippen LogP contribution < -0.4 is 13.8 Å². The molecule has 7 heteroatoms. The monoisotopic (exact) mass is 362 g/mol. The molecule has 0 atom stereocenters. The maximum absolute atomic E-state index is 14.0. The summed E-state index contributed by atoms with van der Waals surface area (Å²) in [5, 5.41) is 0. The lowest BCUT2D eigenvalue weighted by Crippen LogP contribution is -2.32. The van der Waals surface area contributed by atoms with Gasteiger partial charge in [0, 0.05) is 36.4 Å². The maximum Gasteiger partial charge on any atom is 0.382 e. The highest BCUT2D eigenvalue weighted by Gasteiger charge is 2.26. The first-order valence-electron chi connectivity index (χ1n) is 8.39. The lowest BCUT2D eigenvalue weighted by Gasteiger charge is -2.29. The van der Waals surface area contributed by atoms with Crippen LogP contribution in [-0.4, -0.2) is 21.5 Å². The van der Waals surface area contributed by atoms with Crippen LogP contribution in [0.25, 0.3) is 11.1 Å². The molecule has 2 aromatic rings. The van der Waals surface area contributed by atoms with Gasteiger partial charge in [-0.1, -0.05) is 12.1 Å². The summed E-state index contributed by atoms with van der Waals surface area (Å²) < 4.78 is 44.7. The van der Waals surface area contributed by atoms with Crippen LogP contribution in [0.3, 0.4) is 0 Å². The zero-order valence-corrected chi connectivity index (χ0v) is 14.5. The topological polar surface area (TPSA) is 58.6 Å². The molecule has 1 saturated heterocycles. The molecule has 1 fully saturated rings. The standard InChI is InChI=1S/C18H19FN2O3S/c19-15-10-14-12-20-25(22,23)24-18(14)17(11-15)13-4-6-16(7-5-13)21-8-2-1-3-9-21/h4-7,10-11,20H,1-3,8-9,12H2. The summed E-state index contributed by atoms with van der Waals surface area (Å²) in [6, 6.07) is 10.4. The minimum atomic E-state index is -3.85. The normalized spacial score (nSPS) is 19.2. The fourth-order valence-electron chi connectivity index (χ4n) is 3.40. The number of hydrogen-bond donors (Lipinski definition) is 1. The number of piperidine rings is 1. The first-order chi connectivity index (χ1) is 12.0. The van der Waals surface area contributed by atoms with Crippen LogP contribution in [0.1, 0.15) is 24.8 Å². The Morgan fingerprint density at radius 2 is 1.76 bits per heavy atom. The van der Waals surface area contributed by atoms with Crippen LogP contribution in [0.5, 0.6) is 5.75 Å². The van der Waals surface area contributed by atoms with E-state index in [2.05, 4.69) is 9.62 Å². The van der Waals surface area contributed by atoms with Gasteiger partial charge in [-0.2, -0.15) is 13.1 Å². The molecular weight excluding hydrogens is 343 g/mol. The van der Waals surface area contributed by atoms with Gasteiger partial charge in [-0.15, -0.1) is 0 Å². The second kappa shape index (κ2) is 6.31. The molecule has 0 radical (unpaired) electrons. The van der Waals surface area contributed by atoms with E-state index in [4.69, 9.17) is 4.18 Å². The molecule has 4 rings (SSSR count). The van der Waals surface area contributed by atoms with Crippen molar-refractivity contribution in [1.82, 2.24) is 4.72 Å². The third-order valence-electron chi connectivity index (χ3n) is 4.66. The summed E-state index contributed by atoms with van der Waals surface area (Å²) in [5.41, 5.74) is 2.80. The van der Waals surface area contributed by atoms with Crippen molar-refractivity contribution in [2.75, 3.05) is 18.0 Å². The van der Waals surface area contributed by atoms with Crippen LogP contribution in [0.4, 0.5) is 10.1 Å². The van der Waals surface area contributed by atoms with Crippen LogP contribution in [0.15, 0.2) is 36.4 Å². The Morgan fingerprint density at radius 3 is 2.48 bits per heavy atom. The third kappa shape index (κ3) is 3.34. The van der Waals surface area contributed by atoms with Gasteiger partial charge in [0.05, 0.1) is 0 Å². The van der Waals surface area contributed by atoms with Crippen molar-refractivity contribution in [3.63, 3.8) is 0 Å². The Balaban J connectivity index is 1.71. The largest absolute Gasteiger partial charge is 0.382 e. The number of nitrogens with zero attached hydrogens (tertiary/aromatic N) is 1. The molecule has 25 heavy (non-hydrogen) atoms. The molecule has 0 aromatic heterocycles. The molecule has 132 valence electrons. The van der Waals surface area contributed by atoms with E-state index in [1.807, 2.05) is 24.3 Å². The summed E-state index contributed by atoms with van der Waals surface area (Å²) in [7, 11) is -3.85. The first-order valence-corrected chi connectivity index (χ1v) is 9.79. The Kier molecular flexibility index (Phi) is 4.13. The van der Waals surface area contributed by atoms with Gasteiger partial charge in [0.2, 0.25) is 0 Å². The molecule has 2 aromatic carbocycles. The molecule has 0 bridgehead atoms. The summed E-state index contributed by atoms with van der Waals surface area (Å²) in [4.78, 5) is 2.33. The van der Waals surface area contributed by atoms with E-state index in [0.717, 1.165) is 24.3 Å². The quantitative estimate of drug-likeness (QED) is 0.891. The van der Waals surface area contributed by atoms with Gasteiger partial charge in [-0.3, -0.25) is 0 Å². The van der Waals surface area contributed by atoms with E-state index in [1.165, 1.54) is 31.4 Å². The highest BCUT2D eigenvalue weighted by Crippen LogP contribution is 2.37. The van der Waals surface area contributed by atoms with E-state index in [-0.39, 0.29) is 12.3 Å². The van der Waals surface area contributed by atoms with Gasteiger partial charge < -0.3 is 9.08 Å². The van der Waals surface area contributed by atoms with Gasteiger partial charge in [-0.25, -0.2) is 4.39 Å². The SMILES string of the molecule is O=S1(=O)NCc2cc(F)cc(-c3ccc(N4CCCCC4)cc3)c2O1. The number of benzene rings is 2. The Hall–Kier alpha value is -2.12. The minimum absolute atomic E-state index is 0.0221. The van der Waals surface area contributed by atoms with E-state index < -0.39 is 16.1 Å². The van der Waals surface area contributed by atoms with Gasteiger partial charge in [0.15, 0.2) is 5.75 Å². The average Bonchev–Trinajstić information content (AvgIpc) is 2.62. The molecule has 0 aliphatic carbocycles. The number of halogens is 1. The lowest BCUT2D eigenvalue weighted by atomic mass is 10.00. The number of nitrogens with one attached hydrogen (secondary N) is 1. The highest BCUT2D eigenvalue weighted by molar-refractivity contribution is 7.85. The second-order valence-electron chi connectivity index (χ2n) is 6.39. The van der Waals surface area contributed by atoms with Gasteiger partial charge >= 0.3 is 10.3 Å². The fourth-order valence-corrected chi connectivity index (χ4v) is 4.21. The summed E-state index contributed by atoms with van der Waals surface area (Å²) in [5.74, 6) is -0.218. The molecule has 0 amide bonds. The molecule has 0 unspecified atom stereocenters.